The van der Waals surface area contributed by atoms with Crippen LogP contribution >= 0.6 is 0 Å². The summed E-state index contributed by atoms with van der Waals surface area (Å²) in [6.45, 7) is 8.33. The fraction of sp³-hybridized carbons (Fsp3) is 0.375. The largest absolute Gasteiger partial charge is 0.307 e. The molecule has 0 saturated carbocycles. The van der Waals surface area contributed by atoms with Crippen LogP contribution in [0.5, 0.6) is 0 Å². The second kappa shape index (κ2) is 5.90. The number of nitrogens with one attached hydrogen (secondary N) is 1. The maximum atomic E-state index is 12.2. The first kappa shape index (κ1) is 14.3. The third kappa shape index (κ3) is 3.07. The zero-order valence-electron chi connectivity index (χ0n) is 12.4. The number of carbonyl (C=O) groups is 1. The maximum Gasteiger partial charge on any atom is 0.256 e. The number of hydrogen-bond acceptors (Lipinski definition) is 2. The predicted octanol–water partition coefficient (Wildman–Crippen LogP) is 3.84. The summed E-state index contributed by atoms with van der Waals surface area (Å²) in [7, 11) is 0. The highest BCUT2D eigenvalue weighted by atomic mass is 16.1. The molecule has 2 rings (SSSR count). The SMILES string of the molecule is CC(C)c1ccc(C(=O)Nc2ccnn2C(C)C)cc1. The van der Waals surface area contributed by atoms with Crippen molar-refractivity contribution >= 4 is 11.7 Å². The highest BCUT2D eigenvalue weighted by Crippen LogP contribution is 2.17. The van der Waals surface area contributed by atoms with Crippen molar-refractivity contribution in [1.29, 1.82) is 0 Å². The van der Waals surface area contributed by atoms with Crippen LogP contribution < -0.4 is 5.32 Å². The molecule has 106 valence electrons. The molecule has 1 aromatic heterocycles. The highest BCUT2D eigenvalue weighted by molar-refractivity contribution is 6.03. The Morgan fingerprint density at radius 2 is 1.75 bits per heavy atom. The summed E-state index contributed by atoms with van der Waals surface area (Å²) < 4.78 is 1.79. The molecule has 0 spiro atoms. The third-order valence-corrected chi connectivity index (χ3v) is 3.24. The first-order valence-corrected chi connectivity index (χ1v) is 6.94. The van der Waals surface area contributed by atoms with Crippen LogP contribution in [0.2, 0.25) is 0 Å². The smallest absolute Gasteiger partial charge is 0.256 e. The molecule has 1 aromatic carbocycles. The van der Waals surface area contributed by atoms with Crippen molar-refractivity contribution in [3.05, 3.63) is 47.7 Å². The van der Waals surface area contributed by atoms with Crippen LogP contribution in [0.4, 0.5) is 5.82 Å². The van der Waals surface area contributed by atoms with Crippen LogP contribution in [0.3, 0.4) is 0 Å². The number of carbonyl (C=O) groups excluding carboxylic acids is 1. The molecule has 0 fully saturated rings. The summed E-state index contributed by atoms with van der Waals surface area (Å²) in [6.07, 6.45) is 1.69. The lowest BCUT2D eigenvalue weighted by Gasteiger charge is -2.12. The molecular formula is C16H21N3O. The molecule has 0 atom stereocenters. The van der Waals surface area contributed by atoms with Crippen LogP contribution in [-0.4, -0.2) is 15.7 Å². The normalized spacial score (nSPS) is 11.1. The zero-order valence-corrected chi connectivity index (χ0v) is 12.4. The summed E-state index contributed by atoms with van der Waals surface area (Å²) in [5, 5.41) is 7.10. The van der Waals surface area contributed by atoms with Gasteiger partial charge in [0.25, 0.3) is 5.91 Å². The van der Waals surface area contributed by atoms with Crippen molar-refractivity contribution < 1.29 is 4.79 Å². The third-order valence-electron chi connectivity index (χ3n) is 3.24. The molecule has 1 amide bonds. The Morgan fingerprint density at radius 3 is 2.30 bits per heavy atom. The molecule has 0 aliphatic heterocycles. The molecule has 1 heterocycles. The minimum Gasteiger partial charge on any atom is -0.307 e. The molecular weight excluding hydrogens is 250 g/mol. The fourth-order valence-corrected chi connectivity index (χ4v) is 2.03. The lowest BCUT2D eigenvalue weighted by molar-refractivity contribution is 0.102. The number of hydrogen-bond donors (Lipinski definition) is 1. The van der Waals surface area contributed by atoms with Gasteiger partial charge in [0.15, 0.2) is 0 Å². The van der Waals surface area contributed by atoms with Gasteiger partial charge in [-0.2, -0.15) is 5.10 Å². The second-order valence-corrected chi connectivity index (χ2v) is 5.49. The van der Waals surface area contributed by atoms with Crippen molar-refractivity contribution in [3.63, 3.8) is 0 Å². The van der Waals surface area contributed by atoms with Gasteiger partial charge in [0.1, 0.15) is 5.82 Å². The fourth-order valence-electron chi connectivity index (χ4n) is 2.03. The molecule has 1 N–H and O–H groups in total. The standard InChI is InChI=1S/C16H21N3O/c1-11(2)13-5-7-14(8-6-13)16(20)18-15-9-10-17-19(15)12(3)4/h5-12H,1-4H3,(H,18,20). The minimum atomic E-state index is -0.109. The number of rotatable bonds is 4. The Morgan fingerprint density at radius 1 is 1.10 bits per heavy atom. The average Bonchev–Trinajstić information content (AvgIpc) is 2.87. The van der Waals surface area contributed by atoms with E-state index in [1.165, 1.54) is 5.56 Å². The van der Waals surface area contributed by atoms with Crippen LogP contribution in [0.15, 0.2) is 36.5 Å². The molecule has 0 bridgehead atoms. The van der Waals surface area contributed by atoms with Gasteiger partial charge < -0.3 is 5.32 Å². The van der Waals surface area contributed by atoms with Gasteiger partial charge in [-0.25, -0.2) is 4.68 Å². The molecule has 2 aromatic rings. The van der Waals surface area contributed by atoms with Crippen molar-refractivity contribution in [3.8, 4) is 0 Å². The first-order chi connectivity index (χ1) is 9.49. The van der Waals surface area contributed by atoms with E-state index < -0.39 is 0 Å². The molecule has 0 radical (unpaired) electrons. The van der Waals surface area contributed by atoms with Crippen molar-refractivity contribution in [2.24, 2.45) is 0 Å². The quantitative estimate of drug-likeness (QED) is 0.918. The molecule has 4 nitrogen and oxygen atoms in total. The van der Waals surface area contributed by atoms with E-state index in [1.807, 2.05) is 38.1 Å². The van der Waals surface area contributed by atoms with Gasteiger partial charge in [0.2, 0.25) is 0 Å². The number of aromatic nitrogens is 2. The Hall–Kier alpha value is -2.10. The second-order valence-electron chi connectivity index (χ2n) is 5.49. The van der Waals surface area contributed by atoms with Gasteiger partial charge in [0.05, 0.1) is 6.20 Å². The summed E-state index contributed by atoms with van der Waals surface area (Å²) in [5.74, 6) is 1.08. The highest BCUT2D eigenvalue weighted by Gasteiger charge is 2.11. The van der Waals surface area contributed by atoms with E-state index in [-0.39, 0.29) is 11.9 Å². The zero-order chi connectivity index (χ0) is 14.7. The van der Waals surface area contributed by atoms with Gasteiger partial charge >= 0.3 is 0 Å². The lowest BCUT2D eigenvalue weighted by atomic mass is 10.0. The Bertz CT molecular complexity index is 582. The number of nitrogens with zero attached hydrogens (tertiary/aromatic N) is 2. The van der Waals surface area contributed by atoms with Crippen LogP contribution in [0, 0.1) is 0 Å². The Labute approximate surface area is 119 Å². The maximum absolute atomic E-state index is 12.2. The van der Waals surface area contributed by atoms with E-state index in [9.17, 15) is 4.79 Å². The Kier molecular flexibility index (Phi) is 4.23. The van der Waals surface area contributed by atoms with Gasteiger partial charge in [-0.3, -0.25) is 4.79 Å². The monoisotopic (exact) mass is 271 g/mol. The van der Waals surface area contributed by atoms with Gasteiger partial charge in [0, 0.05) is 17.7 Å². The van der Waals surface area contributed by atoms with Crippen LogP contribution in [0.1, 0.15) is 55.6 Å². The molecule has 0 unspecified atom stereocenters. The number of amides is 1. The minimum absolute atomic E-state index is 0.109. The molecule has 20 heavy (non-hydrogen) atoms. The molecule has 0 aliphatic carbocycles. The molecule has 0 saturated heterocycles. The summed E-state index contributed by atoms with van der Waals surface area (Å²) in [4.78, 5) is 12.2. The first-order valence-electron chi connectivity index (χ1n) is 6.94. The van der Waals surface area contributed by atoms with E-state index in [0.717, 1.165) is 5.82 Å². The van der Waals surface area contributed by atoms with E-state index in [2.05, 4.69) is 24.3 Å². The van der Waals surface area contributed by atoms with Gasteiger partial charge in [-0.15, -0.1) is 0 Å². The predicted molar refractivity (Wildman–Crippen MR) is 81.1 cm³/mol. The average molecular weight is 271 g/mol. The van der Waals surface area contributed by atoms with E-state index in [4.69, 9.17) is 0 Å². The summed E-state index contributed by atoms with van der Waals surface area (Å²) >= 11 is 0. The molecule has 0 aliphatic rings. The van der Waals surface area contributed by atoms with E-state index in [1.54, 1.807) is 16.9 Å². The summed E-state index contributed by atoms with van der Waals surface area (Å²) in [6, 6.07) is 9.74. The number of anilines is 1. The number of benzene rings is 1. The van der Waals surface area contributed by atoms with E-state index >= 15 is 0 Å². The Balaban J connectivity index is 2.13. The van der Waals surface area contributed by atoms with Crippen molar-refractivity contribution in [2.45, 2.75) is 39.7 Å². The molecule has 4 heteroatoms. The van der Waals surface area contributed by atoms with E-state index in [0.29, 0.717) is 11.5 Å². The summed E-state index contributed by atoms with van der Waals surface area (Å²) in [5.41, 5.74) is 1.89. The van der Waals surface area contributed by atoms with Crippen molar-refractivity contribution in [1.82, 2.24) is 9.78 Å². The van der Waals surface area contributed by atoms with Crippen LogP contribution in [-0.2, 0) is 0 Å². The van der Waals surface area contributed by atoms with Crippen LogP contribution in [0.25, 0.3) is 0 Å². The lowest BCUT2D eigenvalue weighted by Crippen LogP contribution is -2.16. The van der Waals surface area contributed by atoms with Gasteiger partial charge in [-0.05, 0) is 37.5 Å². The van der Waals surface area contributed by atoms with Crippen molar-refractivity contribution in [2.75, 3.05) is 5.32 Å². The van der Waals surface area contributed by atoms with Gasteiger partial charge in [-0.1, -0.05) is 26.0 Å². The topological polar surface area (TPSA) is 46.9 Å².